The molecule has 1 aliphatic rings. The quantitative estimate of drug-likeness (QED) is 0.277. The lowest BCUT2D eigenvalue weighted by molar-refractivity contribution is 0.223. The van der Waals surface area contributed by atoms with Gasteiger partial charge in [0.2, 0.25) is 0 Å². The van der Waals surface area contributed by atoms with Gasteiger partial charge < -0.3 is 24.8 Å². The molecule has 2 N–H and O–H groups in total. The molecule has 2 aromatic carbocycles. The molecule has 0 radical (unpaired) electrons. The van der Waals surface area contributed by atoms with Gasteiger partial charge in [0.25, 0.3) is 0 Å². The zero-order valence-corrected chi connectivity index (χ0v) is 22.9. The summed E-state index contributed by atoms with van der Waals surface area (Å²) in [5, 5.41) is 0.939. The molecule has 0 unspecified atom stereocenters. The molecule has 2 heterocycles. The van der Waals surface area contributed by atoms with Crippen molar-refractivity contribution in [2.24, 2.45) is 5.92 Å². The number of hydrogen-bond acceptors (Lipinski definition) is 6. The molecule has 0 saturated heterocycles. The highest BCUT2D eigenvalue weighted by Gasteiger charge is 2.26. The van der Waals surface area contributed by atoms with E-state index in [1.807, 2.05) is 42.5 Å². The Morgan fingerprint density at radius 2 is 1.58 bits per heavy atom. The third kappa shape index (κ3) is 6.17. The first-order valence-corrected chi connectivity index (χ1v) is 13.8. The number of anilines is 1. The number of nitrogen functional groups attached to an aromatic ring is 1. The van der Waals surface area contributed by atoms with E-state index in [-0.39, 0.29) is 0 Å². The topological polar surface area (TPSA) is 72.4 Å². The highest BCUT2D eigenvalue weighted by molar-refractivity contribution is 6.00. The second kappa shape index (κ2) is 12.0. The third-order valence-electron chi connectivity index (χ3n) is 7.84. The minimum atomic E-state index is 0.434. The number of rotatable bonds is 10. The number of hydrogen-bond donors (Lipinski definition) is 1. The van der Waals surface area contributed by atoms with E-state index in [1.165, 1.54) is 38.6 Å². The third-order valence-corrected chi connectivity index (χ3v) is 7.84. The summed E-state index contributed by atoms with van der Waals surface area (Å²) in [6.07, 6.45) is 9.96. The largest absolute Gasteiger partial charge is 0.457 e. The van der Waals surface area contributed by atoms with E-state index in [1.54, 1.807) is 6.33 Å². The smallest absolute Gasteiger partial charge is 0.146 e. The maximum Gasteiger partial charge on any atom is 0.146 e. The van der Waals surface area contributed by atoms with Crippen LogP contribution in [0.25, 0.3) is 22.2 Å². The zero-order valence-electron chi connectivity index (χ0n) is 22.9. The molecule has 0 atom stereocenters. The zero-order chi connectivity index (χ0) is 26.5. The Labute approximate surface area is 226 Å². The van der Waals surface area contributed by atoms with E-state index in [2.05, 4.69) is 63.8 Å². The van der Waals surface area contributed by atoms with E-state index in [0.717, 1.165) is 52.7 Å². The second-order valence-corrected chi connectivity index (χ2v) is 10.9. The summed E-state index contributed by atoms with van der Waals surface area (Å²) in [5.74, 6) is 2.96. The van der Waals surface area contributed by atoms with Crippen LogP contribution >= 0.6 is 0 Å². The molecule has 7 nitrogen and oxygen atoms in total. The first-order valence-electron chi connectivity index (χ1n) is 13.8. The van der Waals surface area contributed by atoms with Gasteiger partial charge in [0.1, 0.15) is 29.3 Å². The molecule has 1 aliphatic carbocycles. The first-order chi connectivity index (χ1) is 18.5. The van der Waals surface area contributed by atoms with Crippen LogP contribution in [0.1, 0.15) is 38.1 Å². The number of ether oxygens (including phenoxy) is 1. The van der Waals surface area contributed by atoms with Crippen LogP contribution in [0.2, 0.25) is 0 Å². The van der Waals surface area contributed by atoms with Crippen LogP contribution in [0, 0.1) is 5.92 Å². The van der Waals surface area contributed by atoms with E-state index in [0.29, 0.717) is 11.9 Å². The summed E-state index contributed by atoms with van der Waals surface area (Å²) in [7, 11) is 6.52. The minimum Gasteiger partial charge on any atom is -0.457 e. The Morgan fingerprint density at radius 1 is 0.868 bits per heavy atom. The summed E-state index contributed by atoms with van der Waals surface area (Å²) in [4.78, 5) is 13.7. The van der Waals surface area contributed by atoms with Gasteiger partial charge in [0.15, 0.2) is 0 Å². The van der Waals surface area contributed by atoms with Crippen LogP contribution in [0.4, 0.5) is 5.82 Å². The van der Waals surface area contributed by atoms with Crippen LogP contribution in [0.3, 0.4) is 0 Å². The molecule has 1 fully saturated rings. The van der Waals surface area contributed by atoms with Gasteiger partial charge in [0.05, 0.1) is 5.39 Å². The average Bonchev–Trinajstić information content (AvgIpc) is 3.33. The predicted molar refractivity (Wildman–Crippen MR) is 156 cm³/mol. The van der Waals surface area contributed by atoms with Crippen LogP contribution in [0.15, 0.2) is 67.1 Å². The van der Waals surface area contributed by atoms with Crippen molar-refractivity contribution in [3.8, 4) is 22.6 Å². The minimum absolute atomic E-state index is 0.434. The fourth-order valence-electron chi connectivity index (χ4n) is 5.53. The molecular weight excluding hydrogens is 472 g/mol. The van der Waals surface area contributed by atoms with Crippen molar-refractivity contribution in [2.75, 3.05) is 46.5 Å². The number of nitrogens with zero attached hydrogens (tertiary/aromatic N) is 5. The van der Waals surface area contributed by atoms with E-state index in [9.17, 15) is 0 Å². The molecule has 5 rings (SSSR count). The van der Waals surface area contributed by atoms with Crippen molar-refractivity contribution in [1.29, 1.82) is 0 Å². The van der Waals surface area contributed by atoms with Crippen molar-refractivity contribution < 1.29 is 4.74 Å². The number of fused-ring (bicyclic) bond motifs is 1. The molecule has 4 aromatic rings. The molecular formula is C31H40N6O. The number of nitrogens with two attached hydrogens (primary N) is 1. The lowest BCUT2D eigenvalue weighted by Gasteiger charge is -2.31. The second-order valence-electron chi connectivity index (χ2n) is 10.9. The van der Waals surface area contributed by atoms with Crippen molar-refractivity contribution in [3.63, 3.8) is 0 Å². The highest BCUT2D eigenvalue weighted by Crippen LogP contribution is 2.40. The number of benzene rings is 2. The maximum atomic E-state index is 6.41. The molecule has 2 aromatic heterocycles. The van der Waals surface area contributed by atoms with Crippen molar-refractivity contribution >= 4 is 16.9 Å². The monoisotopic (exact) mass is 512 g/mol. The molecule has 38 heavy (non-hydrogen) atoms. The molecule has 200 valence electrons. The fourth-order valence-corrected chi connectivity index (χ4v) is 5.53. The standard InChI is InChI=1S/C31H40N6O/c1-35(2)19-20-36(3)18-17-23-9-13-25(14-10-23)37-21-28(29-30(32)33-22-34-31(29)37)24-11-15-27(16-12-24)38-26-7-5-4-6-8-26/h4-8,11-12,15-16,21-23,25H,9-10,13-14,17-20H2,1-3H3,(H2,32,33,34). The van der Waals surface area contributed by atoms with Gasteiger partial charge in [-0.1, -0.05) is 30.3 Å². The van der Waals surface area contributed by atoms with Gasteiger partial charge >= 0.3 is 0 Å². The van der Waals surface area contributed by atoms with Gasteiger partial charge in [-0.25, -0.2) is 9.97 Å². The normalized spacial score (nSPS) is 17.9. The van der Waals surface area contributed by atoms with Crippen molar-refractivity contribution in [2.45, 2.75) is 38.1 Å². The van der Waals surface area contributed by atoms with E-state index < -0.39 is 0 Å². The molecule has 0 spiro atoms. The van der Waals surface area contributed by atoms with Crippen LogP contribution in [0.5, 0.6) is 11.5 Å². The first kappa shape index (κ1) is 26.2. The molecule has 0 amide bonds. The van der Waals surface area contributed by atoms with Gasteiger partial charge in [-0.2, -0.15) is 0 Å². The summed E-state index contributed by atoms with van der Waals surface area (Å²) >= 11 is 0. The fraction of sp³-hybridized carbons (Fsp3) is 0.419. The molecule has 0 aliphatic heterocycles. The van der Waals surface area contributed by atoms with Gasteiger partial charge in [-0.3, -0.25) is 0 Å². The van der Waals surface area contributed by atoms with Crippen LogP contribution in [-0.2, 0) is 0 Å². The Bertz CT molecular complexity index is 1310. The van der Waals surface area contributed by atoms with Gasteiger partial charge in [-0.05, 0) is 95.5 Å². The van der Waals surface area contributed by atoms with Crippen LogP contribution in [-0.4, -0.2) is 65.1 Å². The maximum absolute atomic E-state index is 6.41. The number of para-hydroxylation sites is 1. The molecule has 0 bridgehead atoms. The average molecular weight is 513 g/mol. The van der Waals surface area contributed by atoms with Gasteiger partial charge in [-0.15, -0.1) is 0 Å². The summed E-state index contributed by atoms with van der Waals surface area (Å²) in [6.45, 7) is 3.41. The Balaban J connectivity index is 1.29. The summed E-state index contributed by atoms with van der Waals surface area (Å²) < 4.78 is 8.35. The van der Waals surface area contributed by atoms with E-state index in [4.69, 9.17) is 10.5 Å². The Morgan fingerprint density at radius 3 is 2.29 bits per heavy atom. The summed E-state index contributed by atoms with van der Waals surface area (Å²) in [5.41, 5.74) is 9.51. The predicted octanol–water partition coefficient (Wildman–Crippen LogP) is 6.09. The van der Waals surface area contributed by atoms with Crippen molar-refractivity contribution in [3.05, 3.63) is 67.1 Å². The SMILES string of the molecule is CN(C)CCN(C)CCC1CCC(n2cc(-c3ccc(Oc4ccccc4)cc3)c3c(N)ncnc32)CC1. The lowest BCUT2D eigenvalue weighted by atomic mass is 9.84. The highest BCUT2D eigenvalue weighted by atomic mass is 16.5. The Kier molecular flexibility index (Phi) is 8.25. The molecule has 1 saturated carbocycles. The Hall–Kier alpha value is -3.42. The lowest BCUT2D eigenvalue weighted by Crippen LogP contribution is -2.30. The summed E-state index contributed by atoms with van der Waals surface area (Å²) in [6, 6.07) is 18.5. The van der Waals surface area contributed by atoms with Crippen LogP contribution < -0.4 is 10.5 Å². The van der Waals surface area contributed by atoms with E-state index >= 15 is 0 Å². The van der Waals surface area contributed by atoms with Gasteiger partial charge in [0, 0.05) is 30.9 Å². The number of likely N-dealkylation sites (N-methyl/N-ethyl adjacent to an activating group) is 2. The molecule has 7 heteroatoms. The van der Waals surface area contributed by atoms with Crippen molar-refractivity contribution in [1.82, 2.24) is 24.3 Å². The number of aromatic nitrogens is 3.